The molecule has 1 aromatic carbocycles. The molecule has 2 aromatic rings. The van der Waals surface area contributed by atoms with Gasteiger partial charge < -0.3 is 20.1 Å². The molecule has 0 bridgehead atoms. The lowest BCUT2D eigenvalue weighted by Gasteiger charge is -2.11. The van der Waals surface area contributed by atoms with Crippen molar-refractivity contribution < 1.29 is 14.3 Å². The van der Waals surface area contributed by atoms with E-state index in [0.29, 0.717) is 29.6 Å². The Labute approximate surface area is 128 Å². The maximum Gasteiger partial charge on any atom is 0.225 e. The fourth-order valence-corrected chi connectivity index (χ4v) is 1.74. The van der Waals surface area contributed by atoms with Crippen molar-refractivity contribution in [2.75, 3.05) is 24.9 Å². The van der Waals surface area contributed by atoms with Gasteiger partial charge in [-0.05, 0) is 24.3 Å². The van der Waals surface area contributed by atoms with Gasteiger partial charge in [0.15, 0.2) is 11.6 Å². The monoisotopic (exact) mass is 302 g/mol. The van der Waals surface area contributed by atoms with E-state index in [9.17, 15) is 4.79 Å². The predicted octanol–water partition coefficient (Wildman–Crippen LogP) is 2.59. The minimum atomic E-state index is -0.105. The molecule has 0 aliphatic rings. The molecule has 0 radical (unpaired) electrons. The van der Waals surface area contributed by atoms with E-state index in [0.717, 1.165) is 5.69 Å². The van der Waals surface area contributed by atoms with Gasteiger partial charge in [-0.2, -0.15) is 0 Å². The number of anilines is 3. The largest absolute Gasteiger partial charge is 0.497 e. The van der Waals surface area contributed by atoms with E-state index < -0.39 is 0 Å². The van der Waals surface area contributed by atoms with E-state index in [1.807, 2.05) is 12.1 Å². The first-order valence-electron chi connectivity index (χ1n) is 6.79. The molecule has 0 aliphatic heterocycles. The standard InChI is InChI=1S/C15H18N4O3/c1-4-15(20)17-14-8-7-13(18-19-14)16-11-6-5-10(21-2)9-12(11)22-3/h5-9H,4H2,1-3H3,(H,16,18)(H,17,19,20). The van der Waals surface area contributed by atoms with Crippen LogP contribution in [0.3, 0.4) is 0 Å². The van der Waals surface area contributed by atoms with Crippen LogP contribution < -0.4 is 20.1 Å². The lowest BCUT2D eigenvalue weighted by molar-refractivity contribution is -0.115. The van der Waals surface area contributed by atoms with Crippen molar-refractivity contribution in [3.8, 4) is 11.5 Å². The zero-order valence-electron chi connectivity index (χ0n) is 12.7. The molecule has 116 valence electrons. The van der Waals surface area contributed by atoms with Crippen molar-refractivity contribution in [3.63, 3.8) is 0 Å². The second kappa shape index (κ2) is 7.26. The van der Waals surface area contributed by atoms with Crippen LogP contribution in [0.15, 0.2) is 30.3 Å². The Morgan fingerprint density at radius 1 is 1.09 bits per heavy atom. The van der Waals surface area contributed by atoms with Crippen LogP contribution in [0.2, 0.25) is 0 Å². The molecule has 0 unspecified atom stereocenters. The number of ether oxygens (including phenoxy) is 2. The summed E-state index contributed by atoms with van der Waals surface area (Å²) in [5, 5.41) is 13.7. The predicted molar refractivity (Wildman–Crippen MR) is 83.8 cm³/mol. The summed E-state index contributed by atoms with van der Waals surface area (Å²) in [6.07, 6.45) is 0.394. The van der Waals surface area contributed by atoms with Gasteiger partial charge in [0.25, 0.3) is 0 Å². The van der Waals surface area contributed by atoms with E-state index in [4.69, 9.17) is 9.47 Å². The SMILES string of the molecule is CCC(=O)Nc1ccc(Nc2ccc(OC)cc2OC)nn1. The van der Waals surface area contributed by atoms with Gasteiger partial charge in [0.05, 0.1) is 19.9 Å². The van der Waals surface area contributed by atoms with Gasteiger partial charge in [-0.15, -0.1) is 10.2 Å². The van der Waals surface area contributed by atoms with Gasteiger partial charge in [0, 0.05) is 12.5 Å². The number of methoxy groups -OCH3 is 2. The van der Waals surface area contributed by atoms with Crippen LogP contribution in [0, 0.1) is 0 Å². The maximum absolute atomic E-state index is 11.3. The van der Waals surface area contributed by atoms with E-state index in [2.05, 4.69) is 20.8 Å². The molecule has 1 amide bonds. The molecule has 0 atom stereocenters. The van der Waals surface area contributed by atoms with Crippen LogP contribution >= 0.6 is 0 Å². The van der Waals surface area contributed by atoms with Crippen LogP contribution in [0.1, 0.15) is 13.3 Å². The Morgan fingerprint density at radius 3 is 2.41 bits per heavy atom. The Balaban J connectivity index is 2.12. The molecule has 1 heterocycles. The molecule has 0 fully saturated rings. The van der Waals surface area contributed by atoms with Gasteiger partial charge in [-0.25, -0.2) is 0 Å². The van der Waals surface area contributed by atoms with Gasteiger partial charge in [0.1, 0.15) is 11.5 Å². The van der Waals surface area contributed by atoms with Crippen molar-refractivity contribution in [2.45, 2.75) is 13.3 Å². The molecule has 0 saturated carbocycles. The highest BCUT2D eigenvalue weighted by Gasteiger charge is 2.07. The van der Waals surface area contributed by atoms with Crippen molar-refractivity contribution in [2.24, 2.45) is 0 Å². The Hall–Kier alpha value is -2.83. The third-order valence-electron chi connectivity index (χ3n) is 2.92. The minimum Gasteiger partial charge on any atom is -0.497 e. The van der Waals surface area contributed by atoms with E-state index >= 15 is 0 Å². The van der Waals surface area contributed by atoms with Gasteiger partial charge >= 0.3 is 0 Å². The summed E-state index contributed by atoms with van der Waals surface area (Å²) < 4.78 is 10.5. The summed E-state index contributed by atoms with van der Waals surface area (Å²) in [6, 6.07) is 8.81. The van der Waals surface area contributed by atoms with Gasteiger partial charge in [-0.3, -0.25) is 4.79 Å². The van der Waals surface area contributed by atoms with Crippen LogP contribution in [-0.4, -0.2) is 30.3 Å². The molecule has 7 heteroatoms. The lowest BCUT2D eigenvalue weighted by Crippen LogP contribution is -2.11. The van der Waals surface area contributed by atoms with Crippen molar-refractivity contribution >= 4 is 23.2 Å². The molecular formula is C15H18N4O3. The van der Waals surface area contributed by atoms with Crippen molar-refractivity contribution in [3.05, 3.63) is 30.3 Å². The zero-order chi connectivity index (χ0) is 15.9. The van der Waals surface area contributed by atoms with Crippen LogP contribution in [-0.2, 0) is 4.79 Å². The van der Waals surface area contributed by atoms with Crippen molar-refractivity contribution in [1.82, 2.24) is 10.2 Å². The number of rotatable bonds is 6. The van der Waals surface area contributed by atoms with E-state index in [1.165, 1.54) is 0 Å². The Morgan fingerprint density at radius 2 is 1.82 bits per heavy atom. The minimum absolute atomic E-state index is 0.105. The van der Waals surface area contributed by atoms with E-state index in [1.54, 1.807) is 39.3 Å². The molecule has 22 heavy (non-hydrogen) atoms. The number of amides is 1. The highest BCUT2D eigenvalue weighted by atomic mass is 16.5. The summed E-state index contributed by atoms with van der Waals surface area (Å²) in [5.41, 5.74) is 0.739. The summed E-state index contributed by atoms with van der Waals surface area (Å²) >= 11 is 0. The normalized spacial score (nSPS) is 9.95. The maximum atomic E-state index is 11.3. The third kappa shape index (κ3) is 3.85. The molecule has 2 rings (SSSR count). The quantitative estimate of drug-likeness (QED) is 0.853. The number of aromatic nitrogens is 2. The average Bonchev–Trinajstić information content (AvgIpc) is 2.56. The highest BCUT2D eigenvalue weighted by molar-refractivity contribution is 5.89. The van der Waals surface area contributed by atoms with Gasteiger partial charge in [-0.1, -0.05) is 6.92 Å². The molecular weight excluding hydrogens is 284 g/mol. The number of nitrogens with zero attached hydrogens (tertiary/aromatic N) is 2. The molecule has 0 aliphatic carbocycles. The molecule has 7 nitrogen and oxygen atoms in total. The zero-order valence-corrected chi connectivity index (χ0v) is 12.7. The number of carbonyl (C=O) groups excluding carboxylic acids is 1. The molecule has 0 spiro atoms. The first kappa shape index (κ1) is 15.6. The van der Waals surface area contributed by atoms with Crippen LogP contribution in [0.5, 0.6) is 11.5 Å². The summed E-state index contributed by atoms with van der Waals surface area (Å²) in [5.74, 6) is 2.18. The van der Waals surface area contributed by atoms with Gasteiger partial charge in [0.2, 0.25) is 5.91 Å². The van der Waals surface area contributed by atoms with Crippen LogP contribution in [0.25, 0.3) is 0 Å². The number of benzene rings is 1. The smallest absolute Gasteiger partial charge is 0.225 e. The first-order valence-corrected chi connectivity index (χ1v) is 6.79. The second-order valence-corrected chi connectivity index (χ2v) is 4.40. The number of carbonyl (C=O) groups is 1. The average molecular weight is 302 g/mol. The second-order valence-electron chi connectivity index (χ2n) is 4.40. The summed E-state index contributed by atoms with van der Waals surface area (Å²) in [6.45, 7) is 1.77. The fourth-order valence-electron chi connectivity index (χ4n) is 1.74. The summed E-state index contributed by atoms with van der Waals surface area (Å²) in [4.78, 5) is 11.3. The fraction of sp³-hybridized carbons (Fsp3) is 0.267. The molecule has 0 saturated heterocycles. The number of nitrogens with one attached hydrogen (secondary N) is 2. The highest BCUT2D eigenvalue weighted by Crippen LogP contribution is 2.30. The van der Waals surface area contributed by atoms with Crippen LogP contribution in [0.4, 0.5) is 17.3 Å². The van der Waals surface area contributed by atoms with Crippen molar-refractivity contribution in [1.29, 1.82) is 0 Å². The number of hydrogen-bond donors (Lipinski definition) is 2. The lowest BCUT2D eigenvalue weighted by atomic mass is 10.2. The van der Waals surface area contributed by atoms with E-state index in [-0.39, 0.29) is 5.91 Å². The topological polar surface area (TPSA) is 85.4 Å². The first-order chi connectivity index (χ1) is 10.7. The number of hydrogen-bond acceptors (Lipinski definition) is 6. The Kier molecular flexibility index (Phi) is 5.13. The summed E-state index contributed by atoms with van der Waals surface area (Å²) in [7, 11) is 3.17. The Bertz CT molecular complexity index is 644. The molecule has 1 aromatic heterocycles. The third-order valence-corrected chi connectivity index (χ3v) is 2.92. The molecule has 2 N–H and O–H groups in total.